The lowest BCUT2D eigenvalue weighted by Crippen LogP contribution is -2.49. The Morgan fingerprint density at radius 3 is 2.21 bits per heavy atom. The largest absolute Gasteiger partial charge is 0.378 e. The maximum absolute atomic E-state index is 11.6. The summed E-state index contributed by atoms with van der Waals surface area (Å²) in [7, 11) is 5.31. The van der Waals surface area contributed by atoms with Crippen molar-refractivity contribution in [3.05, 3.63) is 0 Å². The van der Waals surface area contributed by atoms with Crippen LogP contribution >= 0.6 is 0 Å². The number of nitrogens with zero attached hydrogens (tertiary/aromatic N) is 2. The Balaban J connectivity index is 2.47. The molecular weight excluding hydrogens is 180 g/mol. The molecule has 0 N–H and O–H groups in total. The van der Waals surface area contributed by atoms with Crippen molar-refractivity contribution in [2.24, 2.45) is 0 Å². The first-order chi connectivity index (χ1) is 6.48. The van der Waals surface area contributed by atoms with Gasteiger partial charge in [-0.05, 0) is 19.8 Å². The van der Waals surface area contributed by atoms with Crippen LogP contribution in [0.3, 0.4) is 0 Å². The highest BCUT2D eigenvalue weighted by molar-refractivity contribution is 5.73. The zero-order valence-corrected chi connectivity index (χ0v) is 9.54. The lowest BCUT2D eigenvalue weighted by atomic mass is 9.93. The van der Waals surface area contributed by atoms with Gasteiger partial charge in [0.05, 0.1) is 5.60 Å². The highest BCUT2D eigenvalue weighted by Crippen LogP contribution is 2.25. The predicted octanol–water partition coefficient (Wildman–Crippen LogP) is 1.17. The lowest BCUT2D eigenvalue weighted by molar-refractivity contribution is -0.0367. The van der Waals surface area contributed by atoms with Crippen molar-refractivity contribution in [2.45, 2.75) is 25.4 Å². The van der Waals surface area contributed by atoms with Crippen LogP contribution in [0.25, 0.3) is 0 Å². The molecule has 0 aromatic heterocycles. The summed E-state index contributed by atoms with van der Waals surface area (Å²) in [6.45, 7) is 3.69. The van der Waals surface area contributed by atoms with Crippen molar-refractivity contribution in [3.8, 4) is 0 Å². The monoisotopic (exact) mass is 200 g/mol. The topological polar surface area (TPSA) is 32.8 Å². The van der Waals surface area contributed by atoms with Gasteiger partial charge in [0.25, 0.3) is 0 Å². The van der Waals surface area contributed by atoms with Crippen LogP contribution in [0.5, 0.6) is 0 Å². The van der Waals surface area contributed by atoms with E-state index in [4.69, 9.17) is 4.74 Å². The molecular formula is C10H20N2O2. The smallest absolute Gasteiger partial charge is 0.319 e. The number of rotatable bonds is 1. The third kappa shape index (κ3) is 2.38. The third-order valence-electron chi connectivity index (χ3n) is 2.97. The Bertz CT molecular complexity index is 208. The van der Waals surface area contributed by atoms with E-state index in [-0.39, 0.29) is 11.6 Å². The Labute approximate surface area is 85.8 Å². The Morgan fingerprint density at radius 2 is 1.86 bits per heavy atom. The van der Waals surface area contributed by atoms with Crippen molar-refractivity contribution in [2.75, 3.05) is 34.3 Å². The van der Waals surface area contributed by atoms with E-state index in [1.54, 1.807) is 26.1 Å². The number of hydrogen-bond donors (Lipinski definition) is 0. The fraction of sp³-hybridized carbons (Fsp3) is 0.900. The van der Waals surface area contributed by atoms with Crippen molar-refractivity contribution >= 4 is 6.03 Å². The molecule has 0 aromatic carbocycles. The maximum Gasteiger partial charge on any atom is 0.319 e. The van der Waals surface area contributed by atoms with Crippen LogP contribution in [0.4, 0.5) is 4.79 Å². The lowest BCUT2D eigenvalue weighted by Gasteiger charge is -2.39. The van der Waals surface area contributed by atoms with E-state index in [1.165, 1.54) is 0 Å². The zero-order chi connectivity index (χ0) is 10.8. The van der Waals surface area contributed by atoms with Gasteiger partial charge in [-0.15, -0.1) is 0 Å². The normalized spacial score (nSPS) is 20.7. The summed E-state index contributed by atoms with van der Waals surface area (Å²) in [5.74, 6) is 0. The Hall–Kier alpha value is -0.770. The second kappa shape index (κ2) is 4.17. The summed E-state index contributed by atoms with van der Waals surface area (Å²) in [4.78, 5) is 15.1. The van der Waals surface area contributed by atoms with Crippen LogP contribution < -0.4 is 0 Å². The van der Waals surface area contributed by atoms with Gasteiger partial charge in [0.1, 0.15) is 0 Å². The second-order valence-electron chi connectivity index (χ2n) is 4.32. The summed E-state index contributed by atoms with van der Waals surface area (Å²) in [5.41, 5.74) is -0.0386. The van der Waals surface area contributed by atoms with Gasteiger partial charge in [-0.2, -0.15) is 0 Å². The molecule has 1 heterocycles. The molecule has 0 atom stereocenters. The highest BCUT2D eigenvalue weighted by atomic mass is 16.5. The van der Waals surface area contributed by atoms with Crippen molar-refractivity contribution in [3.63, 3.8) is 0 Å². The molecule has 4 nitrogen and oxygen atoms in total. The molecule has 1 fully saturated rings. The molecule has 0 aromatic rings. The minimum Gasteiger partial charge on any atom is -0.378 e. The zero-order valence-electron chi connectivity index (χ0n) is 9.54. The number of urea groups is 1. The summed E-state index contributed by atoms with van der Waals surface area (Å²) in [6, 6.07) is 0.100. The first kappa shape index (κ1) is 11.3. The highest BCUT2D eigenvalue weighted by Gasteiger charge is 2.31. The molecule has 2 amide bonds. The number of carbonyl (C=O) groups is 1. The number of hydrogen-bond acceptors (Lipinski definition) is 2. The van der Waals surface area contributed by atoms with Crippen molar-refractivity contribution in [1.82, 2.24) is 9.80 Å². The van der Waals surface area contributed by atoms with Crippen LogP contribution in [0.1, 0.15) is 19.8 Å². The van der Waals surface area contributed by atoms with Crippen LogP contribution in [0.15, 0.2) is 0 Å². The third-order valence-corrected chi connectivity index (χ3v) is 2.97. The van der Waals surface area contributed by atoms with E-state index >= 15 is 0 Å². The van der Waals surface area contributed by atoms with E-state index in [0.717, 1.165) is 25.9 Å². The number of piperidine rings is 1. The number of methoxy groups -OCH3 is 1. The number of ether oxygens (including phenoxy) is 1. The summed E-state index contributed by atoms with van der Waals surface area (Å²) in [6.07, 6.45) is 1.84. The van der Waals surface area contributed by atoms with Gasteiger partial charge in [-0.25, -0.2) is 4.79 Å². The van der Waals surface area contributed by atoms with Gasteiger partial charge >= 0.3 is 6.03 Å². The molecule has 14 heavy (non-hydrogen) atoms. The van der Waals surface area contributed by atoms with Crippen molar-refractivity contribution in [1.29, 1.82) is 0 Å². The van der Waals surface area contributed by atoms with E-state index in [9.17, 15) is 4.79 Å². The van der Waals surface area contributed by atoms with Gasteiger partial charge < -0.3 is 14.5 Å². The number of carbonyl (C=O) groups excluding carboxylic acids is 1. The van der Waals surface area contributed by atoms with Crippen LogP contribution in [-0.2, 0) is 4.74 Å². The van der Waals surface area contributed by atoms with Crippen molar-refractivity contribution < 1.29 is 9.53 Å². The summed E-state index contributed by atoms with van der Waals surface area (Å²) >= 11 is 0. The Morgan fingerprint density at radius 1 is 1.36 bits per heavy atom. The molecule has 0 bridgehead atoms. The summed E-state index contributed by atoms with van der Waals surface area (Å²) in [5, 5.41) is 0. The van der Waals surface area contributed by atoms with Gasteiger partial charge in [0.2, 0.25) is 0 Å². The SMILES string of the molecule is COC1(C)CCN(C(=O)N(C)C)CC1. The number of likely N-dealkylation sites (tertiary alicyclic amines) is 1. The minimum atomic E-state index is -0.0386. The average Bonchev–Trinajstić information content (AvgIpc) is 2.18. The van der Waals surface area contributed by atoms with Gasteiger partial charge in [-0.3, -0.25) is 0 Å². The number of amides is 2. The first-order valence-electron chi connectivity index (χ1n) is 5.00. The average molecular weight is 200 g/mol. The standard InChI is InChI=1S/C10H20N2O2/c1-10(14-4)5-7-12(8-6-10)9(13)11(2)3/h5-8H2,1-4H3. The molecule has 82 valence electrons. The van der Waals surface area contributed by atoms with Gasteiger partial charge in [0, 0.05) is 34.3 Å². The van der Waals surface area contributed by atoms with Crippen LogP contribution in [0, 0.1) is 0 Å². The molecule has 0 radical (unpaired) electrons. The molecule has 1 rings (SSSR count). The molecule has 1 saturated heterocycles. The van der Waals surface area contributed by atoms with Gasteiger partial charge in [0.15, 0.2) is 0 Å². The molecule has 4 heteroatoms. The molecule has 1 aliphatic heterocycles. The molecule has 0 spiro atoms. The molecule has 1 aliphatic rings. The summed E-state index contributed by atoms with van der Waals surface area (Å²) < 4.78 is 5.42. The van der Waals surface area contributed by atoms with Crippen LogP contribution in [0.2, 0.25) is 0 Å². The quantitative estimate of drug-likeness (QED) is 0.636. The first-order valence-corrected chi connectivity index (χ1v) is 5.00. The van der Waals surface area contributed by atoms with E-state index in [2.05, 4.69) is 6.92 Å². The maximum atomic E-state index is 11.6. The van der Waals surface area contributed by atoms with E-state index in [0.29, 0.717) is 0 Å². The fourth-order valence-corrected chi connectivity index (χ4v) is 1.66. The fourth-order valence-electron chi connectivity index (χ4n) is 1.66. The second-order valence-corrected chi connectivity index (χ2v) is 4.32. The van der Waals surface area contributed by atoms with E-state index < -0.39 is 0 Å². The minimum absolute atomic E-state index is 0.0386. The van der Waals surface area contributed by atoms with Crippen LogP contribution in [-0.4, -0.2) is 55.7 Å². The molecule has 0 unspecified atom stereocenters. The molecule has 0 aliphatic carbocycles. The van der Waals surface area contributed by atoms with Gasteiger partial charge in [-0.1, -0.05) is 0 Å². The molecule has 0 saturated carbocycles. The van der Waals surface area contributed by atoms with E-state index in [1.807, 2.05) is 4.90 Å². The predicted molar refractivity (Wildman–Crippen MR) is 55.3 cm³/mol. The Kier molecular flexibility index (Phi) is 3.37.